The van der Waals surface area contributed by atoms with Gasteiger partial charge in [-0.15, -0.1) is 0 Å². The molecule has 5 nitrogen and oxygen atoms in total. The summed E-state index contributed by atoms with van der Waals surface area (Å²) in [7, 11) is 0. The van der Waals surface area contributed by atoms with Gasteiger partial charge >= 0.3 is 0 Å². The Morgan fingerprint density at radius 1 is 1.15 bits per heavy atom. The fourth-order valence-electron chi connectivity index (χ4n) is 4.18. The molecular weight excluding hydrogens is 324 g/mol. The molecule has 3 aromatic rings. The topological polar surface area (TPSA) is 51.0 Å². The number of para-hydroxylation sites is 1. The molecule has 26 heavy (non-hydrogen) atoms. The predicted molar refractivity (Wildman–Crippen MR) is 103 cm³/mol. The van der Waals surface area contributed by atoms with Crippen LogP contribution in [0.25, 0.3) is 10.9 Å². The lowest BCUT2D eigenvalue weighted by Gasteiger charge is -2.40. The molecule has 0 amide bonds. The normalized spacial score (nSPS) is 16.7. The monoisotopic (exact) mass is 346 g/mol. The second-order valence-electron chi connectivity index (χ2n) is 7.58. The second-order valence-corrected chi connectivity index (χ2v) is 7.58. The lowest BCUT2D eigenvalue weighted by molar-refractivity contribution is 0.331. The first kappa shape index (κ1) is 15.6. The van der Waals surface area contributed by atoms with Crippen LogP contribution in [0.4, 0.5) is 5.82 Å². The number of benzene rings is 1. The highest BCUT2D eigenvalue weighted by Crippen LogP contribution is 2.28. The van der Waals surface area contributed by atoms with E-state index in [0.29, 0.717) is 12.5 Å². The summed E-state index contributed by atoms with van der Waals surface area (Å²) in [6, 6.07) is 12.2. The third-order valence-corrected chi connectivity index (χ3v) is 5.65. The van der Waals surface area contributed by atoms with Crippen molar-refractivity contribution in [3.05, 3.63) is 63.6 Å². The van der Waals surface area contributed by atoms with Gasteiger partial charge in [-0.25, -0.2) is 9.67 Å². The summed E-state index contributed by atoms with van der Waals surface area (Å²) >= 11 is 0. The summed E-state index contributed by atoms with van der Waals surface area (Å²) in [5.74, 6) is 1.49. The summed E-state index contributed by atoms with van der Waals surface area (Å²) in [6.07, 6.45) is 3.13. The van der Waals surface area contributed by atoms with E-state index in [0.717, 1.165) is 54.9 Å². The first-order chi connectivity index (χ1) is 12.7. The van der Waals surface area contributed by atoms with Gasteiger partial charge in [-0.2, -0.15) is 5.10 Å². The van der Waals surface area contributed by atoms with Crippen molar-refractivity contribution in [2.24, 2.45) is 5.92 Å². The van der Waals surface area contributed by atoms with Gasteiger partial charge in [-0.05, 0) is 49.4 Å². The van der Waals surface area contributed by atoms with Gasteiger partial charge in [0.05, 0.1) is 17.8 Å². The summed E-state index contributed by atoms with van der Waals surface area (Å²) < 4.78 is 1.67. The Kier molecular flexibility index (Phi) is 3.55. The van der Waals surface area contributed by atoms with Crippen molar-refractivity contribution in [2.45, 2.75) is 32.7 Å². The molecule has 1 fully saturated rings. The highest BCUT2D eigenvalue weighted by Gasteiger charge is 2.29. The molecule has 0 N–H and O–H groups in total. The number of pyridine rings is 1. The van der Waals surface area contributed by atoms with Gasteiger partial charge in [-0.1, -0.05) is 18.2 Å². The Bertz CT molecular complexity index is 1050. The lowest BCUT2D eigenvalue weighted by atomic mass is 9.99. The van der Waals surface area contributed by atoms with Gasteiger partial charge in [0.15, 0.2) is 0 Å². The van der Waals surface area contributed by atoms with Crippen LogP contribution in [0.5, 0.6) is 0 Å². The van der Waals surface area contributed by atoms with Gasteiger partial charge in [0.1, 0.15) is 5.82 Å². The maximum atomic E-state index is 12.3. The van der Waals surface area contributed by atoms with Gasteiger partial charge in [0, 0.05) is 30.5 Å². The third kappa shape index (κ3) is 2.59. The molecule has 0 unspecified atom stereocenters. The Balaban J connectivity index is 1.32. The Labute approximate surface area is 152 Å². The van der Waals surface area contributed by atoms with Crippen LogP contribution in [0.2, 0.25) is 0 Å². The minimum Gasteiger partial charge on any atom is -0.356 e. The molecule has 3 heterocycles. The van der Waals surface area contributed by atoms with E-state index in [4.69, 9.17) is 4.98 Å². The molecule has 132 valence electrons. The third-order valence-electron chi connectivity index (χ3n) is 5.65. The fraction of sp³-hybridized carbons (Fsp3) is 0.381. The molecule has 0 bridgehead atoms. The highest BCUT2D eigenvalue weighted by molar-refractivity contribution is 5.83. The van der Waals surface area contributed by atoms with Crippen molar-refractivity contribution in [2.75, 3.05) is 18.0 Å². The second kappa shape index (κ2) is 5.94. The summed E-state index contributed by atoms with van der Waals surface area (Å²) in [4.78, 5) is 19.4. The van der Waals surface area contributed by atoms with Crippen molar-refractivity contribution in [1.82, 2.24) is 14.8 Å². The van der Waals surface area contributed by atoms with Crippen LogP contribution >= 0.6 is 0 Å². The number of aryl methyl sites for hydroxylation is 3. The molecule has 0 spiro atoms. The zero-order valence-electron chi connectivity index (χ0n) is 15.0. The van der Waals surface area contributed by atoms with E-state index >= 15 is 0 Å². The van der Waals surface area contributed by atoms with Gasteiger partial charge < -0.3 is 4.90 Å². The number of aromatic nitrogens is 3. The summed E-state index contributed by atoms with van der Waals surface area (Å²) in [6.45, 7) is 4.69. The minimum absolute atomic E-state index is 0.0452. The lowest BCUT2D eigenvalue weighted by Crippen LogP contribution is -2.50. The zero-order chi connectivity index (χ0) is 17.7. The average molecular weight is 346 g/mol. The maximum Gasteiger partial charge on any atom is 0.267 e. The molecule has 1 aromatic carbocycles. The van der Waals surface area contributed by atoms with Gasteiger partial charge in [0.2, 0.25) is 0 Å². The quantitative estimate of drug-likeness (QED) is 0.732. The number of hydrogen-bond donors (Lipinski definition) is 0. The Morgan fingerprint density at radius 3 is 2.88 bits per heavy atom. The largest absolute Gasteiger partial charge is 0.356 e. The van der Waals surface area contributed by atoms with Crippen LogP contribution in [0, 0.1) is 12.8 Å². The number of hydrogen-bond acceptors (Lipinski definition) is 4. The Hall–Kier alpha value is -2.69. The van der Waals surface area contributed by atoms with E-state index in [1.165, 1.54) is 10.9 Å². The summed E-state index contributed by atoms with van der Waals surface area (Å²) in [5, 5.41) is 5.81. The van der Waals surface area contributed by atoms with Crippen LogP contribution in [0.3, 0.4) is 0 Å². The minimum atomic E-state index is 0.0452. The molecule has 5 heteroatoms. The number of rotatable bonds is 3. The highest BCUT2D eigenvalue weighted by atomic mass is 16.1. The SMILES string of the molecule is Cc1cc(N2CC(Cn3nc4c(cc3=O)CCC4)C2)nc2ccccc12. The van der Waals surface area contributed by atoms with Crippen molar-refractivity contribution in [1.29, 1.82) is 0 Å². The van der Waals surface area contributed by atoms with Crippen LogP contribution < -0.4 is 10.5 Å². The fourth-order valence-corrected chi connectivity index (χ4v) is 4.18. The molecule has 1 aliphatic carbocycles. The van der Waals surface area contributed by atoms with Crippen molar-refractivity contribution >= 4 is 16.7 Å². The standard InChI is InChI=1S/C21H22N4O/c1-14-9-20(22-19-7-3-2-6-17(14)19)24-11-15(12-24)13-25-21(26)10-16-5-4-8-18(16)23-25/h2-3,6-7,9-10,15H,4-5,8,11-13H2,1H3. The van der Waals surface area contributed by atoms with Gasteiger partial charge in [-0.3, -0.25) is 4.79 Å². The van der Waals surface area contributed by atoms with E-state index in [9.17, 15) is 4.79 Å². The zero-order valence-corrected chi connectivity index (χ0v) is 15.0. The van der Waals surface area contributed by atoms with Crippen molar-refractivity contribution in [3.8, 4) is 0 Å². The molecule has 0 radical (unpaired) electrons. The van der Waals surface area contributed by atoms with Crippen molar-refractivity contribution in [3.63, 3.8) is 0 Å². The van der Waals surface area contributed by atoms with Crippen LogP contribution in [-0.4, -0.2) is 27.9 Å². The molecule has 1 aliphatic heterocycles. The average Bonchev–Trinajstić information content (AvgIpc) is 3.04. The van der Waals surface area contributed by atoms with E-state index in [1.54, 1.807) is 10.7 Å². The maximum absolute atomic E-state index is 12.3. The smallest absolute Gasteiger partial charge is 0.267 e. The van der Waals surface area contributed by atoms with E-state index < -0.39 is 0 Å². The number of fused-ring (bicyclic) bond motifs is 2. The molecule has 5 rings (SSSR count). The van der Waals surface area contributed by atoms with Crippen LogP contribution in [0.1, 0.15) is 23.2 Å². The Morgan fingerprint density at radius 2 is 2.00 bits per heavy atom. The van der Waals surface area contributed by atoms with Crippen LogP contribution in [-0.2, 0) is 19.4 Å². The first-order valence-corrected chi connectivity index (χ1v) is 9.38. The summed E-state index contributed by atoms with van der Waals surface area (Å²) in [5.41, 5.74) is 4.61. The number of nitrogens with zero attached hydrogens (tertiary/aromatic N) is 4. The molecule has 1 saturated heterocycles. The molecule has 2 aromatic heterocycles. The van der Waals surface area contributed by atoms with E-state index in [1.807, 2.05) is 6.07 Å². The van der Waals surface area contributed by atoms with Gasteiger partial charge in [0.25, 0.3) is 5.56 Å². The van der Waals surface area contributed by atoms with Crippen molar-refractivity contribution < 1.29 is 0 Å². The molecular formula is C21H22N4O. The van der Waals surface area contributed by atoms with Crippen LogP contribution in [0.15, 0.2) is 41.2 Å². The molecule has 0 atom stereocenters. The van der Waals surface area contributed by atoms with E-state index in [-0.39, 0.29) is 5.56 Å². The predicted octanol–water partition coefficient (Wildman–Crippen LogP) is 2.73. The number of anilines is 1. The van der Waals surface area contributed by atoms with E-state index in [2.05, 4.69) is 41.2 Å². The molecule has 0 saturated carbocycles. The first-order valence-electron chi connectivity index (χ1n) is 9.38. The molecule has 2 aliphatic rings.